The number of rotatable bonds is 4. The molecule has 0 radical (unpaired) electrons. The van der Waals surface area contributed by atoms with E-state index in [1.165, 1.54) is 29.3 Å². The molecule has 1 N–H and O–H groups in total. The van der Waals surface area contributed by atoms with Gasteiger partial charge in [0.2, 0.25) is 0 Å². The lowest BCUT2D eigenvalue weighted by molar-refractivity contribution is 0.200. The van der Waals surface area contributed by atoms with Gasteiger partial charge in [-0.15, -0.1) is 11.3 Å². The fourth-order valence-electron chi connectivity index (χ4n) is 3.62. The third kappa shape index (κ3) is 3.37. The molecule has 1 fully saturated rings. The van der Waals surface area contributed by atoms with E-state index >= 15 is 0 Å². The molecular weight excluding hydrogens is 340 g/mol. The molecule has 1 atom stereocenters. The summed E-state index contributed by atoms with van der Waals surface area (Å²) in [6.07, 6.45) is 3.59. The van der Waals surface area contributed by atoms with E-state index in [-0.39, 0.29) is 11.5 Å². The van der Waals surface area contributed by atoms with Crippen molar-refractivity contribution in [2.24, 2.45) is 0 Å². The molecule has 1 aromatic carbocycles. The number of hydrogen-bond donors (Lipinski definition) is 1. The Hall–Kier alpha value is -2.05. The molecule has 0 bridgehead atoms. The number of benzene rings is 1. The van der Waals surface area contributed by atoms with Crippen LogP contribution in [0.5, 0.6) is 0 Å². The number of hydrogen-bond acceptors (Lipinski definition) is 3. The predicted octanol–water partition coefficient (Wildman–Crippen LogP) is 4.80. The smallest absolute Gasteiger partial charge is 0.134 e. The minimum absolute atomic E-state index is 0.0154. The number of H-pyrrole nitrogens is 1. The van der Waals surface area contributed by atoms with Crippen molar-refractivity contribution in [2.75, 3.05) is 13.1 Å². The van der Waals surface area contributed by atoms with Crippen molar-refractivity contribution >= 4 is 11.3 Å². The Morgan fingerprint density at radius 3 is 2.80 bits per heavy atom. The van der Waals surface area contributed by atoms with Crippen molar-refractivity contribution in [1.82, 2.24) is 15.1 Å². The van der Waals surface area contributed by atoms with Gasteiger partial charge in [0.05, 0.1) is 11.8 Å². The molecule has 6 heteroatoms. The Morgan fingerprint density at radius 2 is 2.04 bits per heavy atom. The second kappa shape index (κ2) is 7.06. The summed E-state index contributed by atoms with van der Waals surface area (Å²) >= 11 is 1.76. The van der Waals surface area contributed by atoms with Gasteiger partial charge in [-0.25, -0.2) is 8.78 Å². The molecule has 1 aliphatic rings. The van der Waals surface area contributed by atoms with Crippen molar-refractivity contribution in [3.8, 4) is 11.1 Å². The first kappa shape index (κ1) is 16.4. The van der Waals surface area contributed by atoms with Crippen LogP contribution in [0.15, 0.2) is 41.9 Å². The molecule has 25 heavy (non-hydrogen) atoms. The van der Waals surface area contributed by atoms with E-state index in [0.717, 1.165) is 38.2 Å². The van der Waals surface area contributed by atoms with Gasteiger partial charge in [-0.2, -0.15) is 5.10 Å². The molecule has 3 nitrogen and oxygen atoms in total. The molecule has 0 saturated carbocycles. The Balaban J connectivity index is 1.59. The average molecular weight is 359 g/mol. The van der Waals surface area contributed by atoms with E-state index < -0.39 is 11.6 Å². The van der Waals surface area contributed by atoms with E-state index in [4.69, 9.17) is 0 Å². The molecule has 2 aromatic heterocycles. The van der Waals surface area contributed by atoms with Crippen LogP contribution in [0.1, 0.15) is 29.3 Å². The lowest BCUT2D eigenvalue weighted by atomic mass is 9.90. The van der Waals surface area contributed by atoms with Gasteiger partial charge in [-0.05, 0) is 43.0 Å². The zero-order valence-electron chi connectivity index (χ0n) is 13.7. The Kier molecular flexibility index (Phi) is 4.63. The highest BCUT2D eigenvalue weighted by Gasteiger charge is 2.27. The van der Waals surface area contributed by atoms with Crippen LogP contribution in [0.25, 0.3) is 11.1 Å². The van der Waals surface area contributed by atoms with Crippen LogP contribution in [0.3, 0.4) is 0 Å². The molecule has 4 rings (SSSR count). The van der Waals surface area contributed by atoms with Gasteiger partial charge in [0.15, 0.2) is 0 Å². The second-order valence-corrected chi connectivity index (χ2v) is 7.48. The molecule has 0 spiro atoms. The number of thiophene rings is 1. The van der Waals surface area contributed by atoms with E-state index in [9.17, 15) is 8.78 Å². The lowest BCUT2D eigenvalue weighted by Gasteiger charge is -2.32. The van der Waals surface area contributed by atoms with Gasteiger partial charge < -0.3 is 0 Å². The second-order valence-electron chi connectivity index (χ2n) is 6.45. The first-order valence-corrected chi connectivity index (χ1v) is 9.32. The predicted molar refractivity (Wildman–Crippen MR) is 95.5 cm³/mol. The summed E-state index contributed by atoms with van der Waals surface area (Å²) in [6.45, 7) is 2.83. The monoisotopic (exact) mass is 359 g/mol. The first-order chi connectivity index (χ1) is 12.2. The van der Waals surface area contributed by atoms with Crippen molar-refractivity contribution in [3.05, 3.63) is 64.1 Å². The fraction of sp³-hybridized carbons (Fsp3) is 0.316. The van der Waals surface area contributed by atoms with E-state index in [0.29, 0.717) is 5.56 Å². The maximum atomic E-state index is 14.2. The molecule has 0 unspecified atom stereocenters. The van der Waals surface area contributed by atoms with Gasteiger partial charge in [0.1, 0.15) is 11.6 Å². The minimum Gasteiger partial charge on any atom is -0.298 e. The van der Waals surface area contributed by atoms with Crippen LogP contribution in [0.4, 0.5) is 8.78 Å². The summed E-state index contributed by atoms with van der Waals surface area (Å²) in [4.78, 5) is 3.74. The van der Waals surface area contributed by atoms with Gasteiger partial charge in [-0.1, -0.05) is 12.1 Å². The molecule has 3 heterocycles. The highest BCUT2D eigenvalue weighted by Crippen LogP contribution is 2.35. The summed E-state index contributed by atoms with van der Waals surface area (Å²) in [7, 11) is 0. The van der Waals surface area contributed by atoms with Crippen LogP contribution < -0.4 is 0 Å². The van der Waals surface area contributed by atoms with Crippen molar-refractivity contribution in [3.63, 3.8) is 0 Å². The van der Waals surface area contributed by atoms with Crippen LogP contribution >= 0.6 is 11.3 Å². The third-order valence-electron chi connectivity index (χ3n) is 4.77. The number of likely N-dealkylation sites (tertiary alicyclic amines) is 1. The van der Waals surface area contributed by atoms with Crippen molar-refractivity contribution in [1.29, 1.82) is 0 Å². The van der Waals surface area contributed by atoms with Gasteiger partial charge in [-0.3, -0.25) is 10.00 Å². The topological polar surface area (TPSA) is 31.9 Å². The van der Waals surface area contributed by atoms with E-state index in [2.05, 4.69) is 32.6 Å². The van der Waals surface area contributed by atoms with Gasteiger partial charge >= 0.3 is 0 Å². The summed E-state index contributed by atoms with van der Waals surface area (Å²) in [6, 6.07) is 8.18. The largest absolute Gasteiger partial charge is 0.298 e. The molecule has 3 aromatic rings. The SMILES string of the molecule is Fc1cccc(F)c1-c1cn[nH]c1[C@H]1CCCN(Cc2cccs2)C1. The number of piperidine rings is 1. The summed E-state index contributed by atoms with van der Waals surface area (Å²) in [5.74, 6) is -0.895. The number of halogens is 2. The van der Waals surface area contributed by atoms with Crippen molar-refractivity contribution in [2.45, 2.75) is 25.3 Å². The molecule has 0 amide bonds. The number of nitrogens with one attached hydrogen (secondary N) is 1. The number of aromatic amines is 1. The maximum absolute atomic E-state index is 14.2. The standard InChI is InChI=1S/C19H19F2N3S/c20-16-6-1-7-17(21)18(16)15-10-22-23-19(15)13-4-2-8-24(11-13)12-14-5-3-9-25-14/h1,3,5-7,9-10,13H,2,4,8,11-12H2,(H,22,23)/t13-/m0/s1. The quantitative estimate of drug-likeness (QED) is 0.726. The highest BCUT2D eigenvalue weighted by molar-refractivity contribution is 7.09. The lowest BCUT2D eigenvalue weighted by Crippen LogP contribution is -2.34. The van der Waals surface area contributed by atoms with Crippen LogP contribution in [-0.2, 0) is 6.54 Å². The van der Waals surface area contributed by atoms with Gasteiger partial charge in [0, 0.05) is 35.1 Å². The Labute approximate surface area is 149 Å². The molecule has 1 aliphatic heterocycles. The summed E-state index contributed by atoms with van der Waals surface area (Å²) in [5, 5.41) is 9.17. The highest BCUT2D eigenvalue weighted by atomic mass is 32.1. The fourth-order valence-corrected chi connectivity index (χ4v) is 4.37. The first-order valence-electron chi connectivity index (χ1n) is 8.45. The summed E-state index contributed by atoms with van der Waals surface area (Å²) < 4.78 is 28.4. The van der Waals surface area contributed by atoms with Crippen LogP contribution in [0.2, 0.25) is 0 Å². The minimum atomic E-state index is -0.547. The normalized spacial score (nSPS) is 18.6. The van der Waals surface area contributed by atoms with E-state index in [1.807, 2.05) is 0 Å². The number of nitrogens with zero attached hydrogens (tertiary/aromatic N) is 2. The van der Waals surface area contributed by atoms with Crippen LogP contribution in [-0.4, -0.2) is 28.2 Å². The Morgan fingerprint density at radius 1 is 1.20 bits per heavy atom. The maximum Gasteiger partial charge on any atom is 0.134 e. The molecule has 130 valence electrons. The van der Waals surface area contributed by atoms with E-state index in [1.54, 1.807) is 11.3 Å². The van der Waals surface area contributed by atoms with Crippen LogP contribution in [0, 0.1) is 11.6 Å². The Bertz CT molecular complexity index is 824. The van der Waals surface area contributed by atoms with Gasteiger partial charge in [0.25, 0.3) is 0 Å². The zero-order valence-corrected chi connectivity index (χ0v) is 14.5. The molecule has 1 saturated heterocycles. The zero-order chi connectivity index (χ0) is 17.2. The molecule has 0 aliphatic carbocycles. The van der Waals surface area contributed by atoms with Crippen molar-refractivity contribution < 1.29 is 8.78 Å². The molecular formula is C19H19F2N3S. The summed E-state index contributed by atoms with van der Waals surface area (Å²) in [5.41, 5.74) is 1.39. The third-order valence-corrected chi connectivity index (χ3v) is 5.64. The average Bonchev–Trinajstić information content (AvgIpc) is 3.27. The number of aromatic nitrogens is 2.